The molecule has 0 aromatic carbocycles. The molecule has 122 valence electrons. The van der Waals surface area contributed by atoms with Gasteiger partial charge in [0.05, 0.1) is 12.0 Å². The van der Waals surface area contributed by atoms with Crippen LogP contribution >= 0.6 is 0 Å². The van der Waals surface area contributed by atoms with Crippen molar-refractivity contribution in [2.75, 3.05) is 19.7 Å². The van der Waals surface area contributed by atoms with E-state index in [0.29, 0.717) is 11.8 Å². The largest absolute Gasteiger partial charge is 0.377 e. The zero-order chi connectivity index (χ0) is 15.4. The Morgan fingerprint density at radius 3 is 2.82 bits per heavy atom. The van der Waals surface area contributed by atoms with E-state index in [2.05, 4.69) is 16.9 Å². The number of aromatic nitrogens is 2. The van der Waals surface area contributed by atoms with Crippen molar-refractivity contribution in [1.82, 2.24) is 14.7 Å². The molecule has 1 amide bonds. The highest BCUT2D eigenvalue weighted by molar-refractivity contribution is 5.79. The molecule has 0 unspecified atom stereocenters. The number of hydrogen-bond donors (Lipinski definition) is 0. The molecule has 2 aliphatic rings. The van der Waals surface area contributed by atoms with Gasteiger partial charge in [-0.3, -0.25) is 9.48 Å². The van der Waals surface area contributed by atoms with Crippen LogP contribution in [0.25, 0.3) is 0 Å². The first-order chi connectivity index (χ1) is 10.8. The van der Waals surface area contributed by atoms with E-state index in [1.165, 1.54) is 0 Å². The van der Waals surface area contributed by atoms with Crippen LogP contribution in [0.3, 0.4) is 0 Å². The molecule has 2 atom stereocenters. The molecule has 1 aromatic heterocycles. The maximum absolute atomic E-state index is 12.8. The molecule has 0 radical (unpaired) electrons. The molecule has 2 fully saturated rings. The van der Waals surface area contributed by atoms with E-state index in [-0.39, 0.29) is 12.0 Å². The van der Waals surface area contributed by atoms with Crippen molar-refractivity contribution in [2.24, 2.45) is 11.8 Å². The Labute approximate surface area is 132 Å². The maximum atomic E-state index is 12.8. The fourth-order valence-corrected chi connectivity index (χ4v) is 3.77. The molecule has 0 aliphatic carbocycles. The Morgan fingerprint density at radius 1 is 1.32 bits per heavy atom. The van der Waals surface area contributed by atoms with Crippen LogP contribution in [0.15, 0.2) is 18.5 Å². The number of ether oxygens (including phenoxy) is 1. The van der Waals surface area contributed by atoms with E-state index in [1.54, 1.807) is 0 Å². The van der Waals surface area contributed by atoms with Gasteiger partial charge in [0.1, 0.15) is 0 Å². The van der Waals surface area contributed by atoms with Crippen LogP contribution in [0.4, 0.5) is 0 Å². The van der Waals surface area contributed by atoms with E-state index in [9.17, 15) is 4.79 Å². The van der Waals surface area contributed by atoms with Gasteiger partial charge in [-0.1, -0.05) is 6.92 Å². The summed E-state index contributed by atoms with van der Waals surface area (Å²) >= 11 is 0. The van der Waals surface area contributed by atoms with Crippen LogP contribution in [0.2, 0.25) is 0 Å². The van der Waals surface area contributed by atoms with Crippen molar-refractivity contribution < 1.29 is 9.53 Å². The molecule has 5 nitrogen and oxygen atoms in total. The van der Waals surface area contributed by atoms with Gasteiger partial charge < -0.3 is 9.64 Å². The van der Waals surface area contributed by atoms with E-state index < -0.39 is 0 Å². The van der Waals surface area contributed by atoms with E-state index in [1.807, 2.05) is 23.1 Å². The summed E-state index contributed by atoms with van der Waals surface area (Å²) in [4.78, 5) is 14.8. The van der Waals surface area contributed by atoms with Gasteiger partial charge in [0, 0.05) is 38.6 Å². The van der Waals surface area contributed by atoms with Crippen molar-refractivity contribution >= 4 is 5.91 Å². The first-order valence-corrected chi connectivity index (χ1v) is 8.65. The maximum Gasteiger partial charge on any atom is 0.228 e. The molecule has 2 aliphatic heterocycles. The SMILES string of the molecule is CC[C@@H]1OCCC[C@H]1C(=O)N1CCC(Cn2cccn2)CC1. The third-order valence-corrected chi connectivity index (χ3v) is 5.09. The molecule has 3 rings (SSSR count). The molecular weight excluding hydrogens is 278 g/mol. The quantitative estimate of drug-likeness (QED) is 0.858. The third-order valence-electron chi connectivity index (χ3n) is 5.09. The fourth-order valence-electron chi connectivity index (χ4n) is 3.77. The lowest BCUT2D eigenvalue weighted by molar-refractivity contribution is -0.146. The molecule has 0 N–H and O–H groups in total. The summed E-state index contributed by atoms with van der Waals surface area (Å²) in [5.41, 5.74) is 0. The second-order valence-electron chi connectivity index (χ2n) is 6.56. The Kier molecular flexibility index (Phi) is 5.13. The number of rotatable bonds is 4. The molecular formula is C17H27N3O2. The lowest BCUT2D eigenvalue weighted by atomic mass is 9.89. The topological polar surface area (TPSA) is 47.4 Å². The Balaban J connectivity index is 1.51. The minimum absolute atomic E-state index is 0.0846. The van der Waals surface area contributed by atoms with Crippen molar-refractivity contribution in [3.8, 4) is 0 Å². The Hall–Kier alpha value is -1.36. The summed E-state index contributed by atoms with van der Waals surface area (Å²) in [6.07, 6.45) is 9.07. The van der Waals surface area contributed by atoms with Crippen LogP contribution < -0.4 is 0 Å². The smallest absolute Gasteiger partial charge is 0.228 e. The van der Waals surface area contributed by atoms with Gasteiger partial charge in [-0.2, -0.15) is 5.10 Å². The Bertz CT molecular complexity index is 466. The van der Waals surface area contributed by atoms with Gasteiger partial charge in [-0.25, -0.2) is 0 Å². The summed E-state index contributed by atoms with van der Waals surface area (Å²) in [7, 11) is 0. The van der Waals surface area contributed by atoms with E-state index >= 15 is 0 Å². The predicted molar refractivity (Wildman–Crippen MR) is 84.3 cm³/mol. The molecule has 1 aromatic rings. The van der Waals surface area contributed by atoms with E-state index in [0.717, 1.165) is 58.3 Å². The average Bonchev–Trinajstić information content (AvgIpc) is 3.08. The summed E-state index contributed by atoms with van der Waals surface area (Å²) in [6.45, 7) is 5.68. The summed E-state index contributed by atoms with van der Waals surface area (Å²) in [5, 5.41) is 4.28. The number of nitrogens with zero attached hydrogens (tertiary/aromatic N) is 3. The van der Waals surface area contributed by atoms with Crippen LogP contribution in [-0.4, -0.2) is 46.4 Å². The van der Waals surface area contributed by atoms with Crippen molar-refractivity contribution in [3.05, 3.63) is 18.5 Å². The lowest BCUT2D eigenvalue weighted by Gasteiger charge is -2.37. The number of piperidine rings is 1. The van der Waals surface area contributed by atoms with Gasteiger partial charge >= 0.3 is 0 Å². The first-order valence-electron chi connectivity index (χ1n) is 8.65. The zero-order valence-electron chi connectivity index (χ0n) is 13.5. The van der Waals surface area contributed by atoms with Crippen molar-refractivity contribution in [2.45, 2.75) is 51.7 Å². The third kappa shape index (κ3) is 3.51. The van der Waals surface area contributed by atoms with Gasteiger partial charge in [-0.15, -0.1) is 0 Å². The molecule has 0 bridgehead atoms. The van der Waals surface area contributed by atoms with Crippen LogP contribution in [0, 0.1) is 11.8 Å². The highest BCUT2D eigenvalue weighted by Gasteiger charge is 2.35. The van der Waals surface area contributed by atoms with Crippen LogP contribution in [-0.2, 0) is 16.1 Å². The number of amides is 1. The monoisotopic (exact) mass is 305 g/mol. The van der Waals surface area contributed by atoms with Gasteiger partial charge in [0.2, 0.25) is 5.91 Å². The lowest BCUT2D eigenvalue weighted by Crippen LogP contribution is -2.47. The second-order valence-corrected chi connectivity index (χ2v) is 6.56. The highest BCUT2D eigenvalue weighted by atomic mass is 16.5. The fraction of sp³-hybridized carbons (Fsp3) is 0.765. The number of hydrogen-bond acceptors (Lipinski definition) is 3. The minimum atomic E-state index is 0.0846. The predicted octanol–water partition coefficient (Wildman–Crippen LogP) is 2.33. The molecule has 0 spiro atoms. The summed E-state index contributed by atoms with van der Waals surface area (Å²) < 4.78 is 7.79. The van der Waals surface area contributed by atoms with Gasteiger partial charge in [0.25, 0.3) is 0 Å². The first kappa shape index (κ1) is 15.5. The van der Waals surface area contributed by atoms with E-state index in [4.69, 9.17) is 4.74 Å². The van der Waals surface area contributed by atoms with Crippen molar-refractivity contribution in [3.63, 3.8) is 0 Å². The summed E-state index contributed by atoms with van der Waals surface area (Å²) in [6, 6.07) is 1.96. The normalized spacial score (nSPS) is 27.0. The Morgan fingerprint density at radius 2 is 2.14 bits per heavy atom. The number of likely N-dealkylation sites (tertiary alicyclic amines) is 1. The molecule has 3 heterocycles. The minimum Gasteiger partial charge on any atom is -0.377 e. The number of carbonyl (C=O) groups is 1. The number of carbonyl (C=O) groups excluding carboxylic acids is 1. The average molecular weight is 305 g/mol. The van der Waals surface area contributed by atoms with Gasteiger partial charge in [-0.05, 0) is 44.1 Å². The van der Waals surface area contributed by atoms with Crippen LogP contribution in [0.1, 0.15) is 39.0 Å². The molecule has 5 heteroatoms. The molecule has 0 saturated carbocycles. The molecule has 2 saturated heterocycles. The van der Waals surface area contributed by atoms with Crippen molar-refractivity contribution in [1.29, 1.82) is 0 Å². The molecule has 22 heavy (non-hydrogen) atoms. The van der Waals surface area contributed by atoms with Gasteiger partial charge in [0.15, 0.2) is 0 Å². The second kappa shape index (κ2) is 7.27. The summed E-state index contributed by atoms with van der Waals surface area (Å²) in [5.74, 6) is 1.04. The van der Waals surface area contributed by atoms with Crippen LogP contribution in [0.5, 0.6) is 0 Å². The zero-order valence-corrected chi connectivity index (χ0v) is 13.5. The highest BCUT2D eigenvalue weighted by Crippen LogP contribution is 2.27. The standard InChI is InChI=1S/C17H27N3O2/c1-2-16-15(5-3-12-22-16)17(21)19-10-6-14(7-11-19)13-20-9-4-8-18-20/h4,8-9,14-16H,2-3,5-7,10-13H2,1H3/t15-,16+/m1/s1.